The lowest BCUT2D eigenvalue weighted by atomic mass is 9.89. The summed E-state index contributed by atoms with van der Waals surface area (Å²) in [6.45, 7) is 4.60. The third-order valence-electron chi connectivity index (χ3n) is 6.15. The Balaban J connectivity index is 3.83. The van der Waals surface area contributed by atoms with Gasteiger partial charge in [0.1, 0.15) is 0 Å². The summed E-state index contributed by atoms with van der Waals surface area (Å²) in [6, 6.07) is 0. The third kappa shape index (κ3) is 20.2. The van der Waals surface area contributed by atoms with Crippen LogP contribution in [0.1, 0.15) is 149 Å². The number of carbonyl (C=O) groups excluding carboxylic acids is 1. The largest absolute Gasteiger partial charge is 0.469 e. The van der Waals surface area contributed by atoms with Crippen molar-refractivity contribution in [1.82, 2.24) is 0 Å². The SMILES string of the molecule is CCCCCCCCC(CCCCCCCC)CCCCCCCC(=O)OC. The van der Waals surface area contributed by atoms with Gasteiger partial charge in [-0.25, -0.2) is 0 Å². The molecule has 0 spiro atoms. The molecule has 0 bridgehead atoms. The Kier molecular flexibility index (Phi) is 22.3. The van der Waals surface area contributed by atoms with Crippen LogP contribution in [0.3, 0.4) is 0 Å². The number of hydrogen-bond donors (Lipinski definition) is 0. The van der Waals surface area contributed by atoms with Gasteiger partial charge >= 0.3 is 5.97 Å². The van der Waals surface area contributed by atoms with E-state index in [-0.39, 0.29) is 5.97 Å². The Morgan fingerprint density at radius 2 is 0.929 bits per heavy atom. The van der Waals surface area contributed by atoms with Crippen LogP contribution in [-0.4, -0.2) is 13.1 Å². The van der Waals surface area contributed by atoms with Gasteiger partial charge in [0, 0.05) is 6.42 Å². The van der Waals surface area contributed by atoms with Crippen LogP contribution in [0.2, 0.25) is 0 Å². The van der Waals surface area contributed by atoms with Crippen LogP contribution in [0.5, 0.6) is 0 Å². The zero-order valence-electron chi connectivity index (χ0n) is 19.7. The minimum Gasteiger partial charge on any atom is -0.469 e. The van der Waals surface area contributed by atoms with Crippen LogP contribution >= 0.6 is 0 Å². The molecule has 0 amide bonds. The van der Waals surface area contributed by atoms with Crippen molar-refractivity contribution >= 4 is 5.97 Å². The Labute approximate surface area is 177 Å². The van der Waals surface area contributed by atoms with Gasteiger partial charge in [0.15, 0.2) is 0 Å². The number of rotatable bonds is 22. The maximum atomic E-state index is 11.1. The van der Waals surface area contributed by atoms with Crippen molar-refractivity contribution in [2.75, 3.05) is 7.11 Å². The van der Waals surface area contributed by atoms with Gasteiger partial charge in [0.05, 0.1) is 7.11 Å². The first-order valence-electron chi connectivity index (χ1n) is 12.8. The quantitative estimate of drug-likeness (QED) is 0.135. The zero-order valence-corrected chi connectivity index (χ0v) is 19.7. The first kappa shape index (κ1) is 27.5. The summed E-state index contributed by atoms with van der Waals surface area (Å²) >= 11 is 0. The van der Waals surface area contributed by atoms with E-state index in [4.69, 9.17) is 4.74 Å². The second kappa shape index (κ2) is 22.8. The highest BCUT2D eigenvalue weighted by molar-refractivity contribution is 5.68. The minimum absolute atomic E-state index is 0.0575. The van der Waals surface area contributed by atoms with Crippen LogP contribution in [0.15, 0.2) is 0 Å². The van der Waals surface area contributed by atoms with Crippen molar-refractivity contribution in [3.8, 4) is 0 Å². The summed E-state index contributed by atoms with van der Waals surface area (Å²) in [4.78, 5) is 11.1. The van der Waals surface area contributed by atoms with Crippen molar-refractivity contribution in [1.29, 1.82) is 0 Å². The molecular formula is C26H52O2. The first-order chi connectivity index (χ1) is 13.7. The van der Waals surface area contributed by atoms with E-state index < -0.39 is 0 Å². The Morgan fingerprint density at radius 3 is 1.32 bits per heavy atom. The summed E-state index contributed by atoms with van der Waals surface area (Å²) in [5.41, 5.74) is 0. The topological polar surface area (TPSA) is 26.3 Å². The third-order valence-corrected chi connectivity index (χ3v) is 6.15. The molecule has 0 atom stereocenters. The summed E-state index contributed by atoms with van der Waals surface area (Å²) in [6.07, 6.45) is 28.2. The molecule has 0 saturated carbocycles. The fraction of sp³-hybridized carbons (Fsp3) is 0.962. The van der Waals surface area contributed by atoms with Crippen LogP contribution in [0.25, 0.3) is 0 Å². The van der Waals surface area contributed by atoms with Crippen LogP contribution < -0.4 is 0 Å². The summed E-state index contributed by atoms with van der Waals surface area (Å²) in [7, 11) is 1.48. The molecule has 0 saturated heterocycles. The molecule has 0 heterocycles. The average Bonchev–Trinajstić information content (AvgIpc) is 2.71. The maximum absolute atomic E-state index is 11.1. The number of unbranched alkanes of at least 4 members (excludes halogenated alkanes) is 14. The fourth-order valence-electron chi connectivity index (χ4n) is 4.19. The second-order valence-electron chi connectivity index (χ2n) is 8.86. The Bertz CT molecular complexity index is 298. The average molecular weight is 397 g/mol. The normalized spacial score (nSPS) is 11.3. The second-order valence-corrected chi connectivity index (χ2v) is 8.86. The highest BCUT2D eigenvalue weighted by Gasteiger charge is 2.09. The van der Waals surface area contributed by atoms with Gasteiger partial charge in [0.2, 0.25) is 0 Å². The fourth-order valence-corrected chi connectivity index (χ4v) is 4.19. The van der Waals surface area contributed by atoms with Crippen molar-refractivity contribution in [3.63, 3.8) is 0 Å². The number of methoxy groups -OCH3 is 1. The van der Waals surface area contributed by atoms with E-state index in [2.05, 4.69) is 13.8 Å². The van der Waals surface area contributed by atoms with E-state index >= 15 is 0 Å². The van der Waals surface area contributed by atoms with E-state index in [1.165, 1.54) is 129 Å². The number of hydrogen-bond acceptors (Lipinski definition) is 2. The lowest BCUT2D eigenvalue weighted by Crippen LogP contribution is -2.02. The molecule has 0 unspecified atom stereocenters. The van der Waals surface area contributed by atoms with Gasteiger partial charge in [-0.15, -0.1) is 0 Å². The number of carbonyl (C=O) groups is 1. The lowest BCUT2D eigenvalue weighted by molar-refractivity contribution is -0.140. The maximum Gasteiger partial charge on any atom is 0.305 e. The molecule has 2 nitrogen and oxygen atoms in total. The molecule has 0 aromatic heterocycles. The molecule has 0 aliphatic heterocycles. The molecule has 0 aliphatic rings. The van der Waals surface area contributed by atoms with Crippen molar-refractivity contribution in [3.05, 3.63) is 0 Å². The Morgan fingerprint density at radius 1 is 0.571 bits per heavy atom. The van der Waals surface area contributed by atoms with E-state index in [0.717, 1.165) is 12.3 Å². The van der Waals surface area contributed by atoms with Gasteiger partial charge < -0.3 is 4.74 Å². The minimum atomic E-state index is -0.0575. The summed E-state index contributed by atoms with van der Waals surface area (Å²) in [5.74, 6) is 0.908. The van der Waals surface area contributed by atoms with Crippen molar-refractivity contribution in [2.45, 2.75) is 149 Å². The number of ether oxygens (including phenoxy) is 1. The molecule has 0 radical (unpaired) electrons. The van der Waals surface area contributed by atoms with E-state index in [1.807, 2.05) is 0 Å². The van der Waals surface area contributed by atoms with Gasteiger partial charge in [0.25, 0.3) is 0 Å². The Hall–Kier alpha value is -0.530. The molecule has 0 aliphatic carbocycles. The number of esters is 1. The summed E-state index contributed by atoms with van der Waals surface area (Å²) < 4.78 is 4.71. The zero-order chi connectivity index (χ0) is 20.7. The monoisotopic (exact) mass is 396 g/mol. The van der Waals surface area contributed by atoms with Crippen molar-refractivity contribution < 1.29 is 9.53 Å². The molecule has 0 fully saturated rings. The molecule has 168 valence electrons. The highest BCUT2D eigenvalue weighted by atomic mass is 16.5. The molecule has 28 heavy (non-hydrogen) atoms. The predicted molar refractivity (Wildman–Crippen MR) is 124 cm³/mol. The molecule has 0 aromatic carbocycles. The van der Waals surface area contributed by atoms with E-state index in [1.54, 1.807) is 0 Å². The van der Waals surface area contributed by atoms with Gasteiger partial charge in [-0.2, -0.15) is 0 Å². The van der Waals surface area contributed by atoms with E-state index in [0.29, 0.717) is 6.42 Å². The predicted octanol–water partition coefficient (Wildman–Crippen LogP) is 9.01. The van der Waals surface area contributed by atoms with Gasteiger partial charge in [-0.05, 0) is 12.3 Å². The standard InChI is InChI=1S/C26H52O2/c1-4-6-8-10-13-17-21-25(22-18-14-11-9-7-5-2)23-19-15-12-16-20-24-26(27)28-3/h25H,4-24H2,1-3H3. The lowest BCUT2D eigenvalue weighted by Gasteiger charge is -2.17. The van der Waals surface area contributed by atoms with Gasteiger partial charge in [-0.3, -0.25) is 4.79 Å². The first-order valence-corrected chi connectivity index (χ1v) is 12.8. The van der Waals surface area contributed by atoms with Crippen molar-refractivity contribution in [2.24, 2.45) is 5.92 Å². The highest BCUT2D eigenvalue weighted by Crippen LogP contribution is 2.24. The molecule has 2 heteroatoms. The summed E-state index contributed by atoms with van der Waals surface area (Å²) in [5, 5.41) is 0. The molecule has 0 N–H and O–H groups in total. The van der Waals surface area contributed by atoms with Crippen LogP contribution in [-0.2, 0) is 9.53 Å². The molecule has 0 rings (SSSR count). The van der Waals surface area contributed by atoms with Gasteiger partial charge in [-0.1, -0.05) is 136 Å². The van der Waals surface area contributed by atoms with E-state index in [9.17, 15) is 4.79 Å². The van der Waals surface area contributed by atoms with Crippen LogP contribution in [0, 0.1) is 5.92 Å². The smallest absolute Gasteiger partial charge is 0.305 e. The molecule has 0 aromatic rings. The molecular weight excluding hydrogens is 344 g/mol. The van der Waals surface area contributed by atoms with Crippen LogP contribution in [0.4, 0.5) is 0 Å².